The van der Waals surface area contributed by atoms with Crippen molar-refractivity contribution in [3.05, 3.63) is 65.7 Å². The average molecular weight is 378 g/mol. The second-order valence-corrected chi connectivity index (χ2v) is 6.85. The number of H-pyrrole nitrogens is 1. The zero-order valence-corrected chi connectivity index (χ0v) is 15.6. The number of carbonyl (C=O) groups is 1. The molecule has 1 aromatic carbocycles. The lowest BCUT2D eigenvalue weighted by molar-refractivity contribution is -0.142. The second-order valence-electron chi connectivity index (χ2n) is 6.85. The molecular weight excluding hydrogens is 356 g/mol. The normalized spacial score (nSPS) is 14.4. The predicted octanol–water partition coefficient (Wildman–Crippen LogP) is 2.10. The standard InChI is InChI=1S/C21H22N4O3/c1-14-5-2-3-7-19(14)28-13-18(26)21(27)25-10-8-16-17(12-25)24-20(23-16)15-6-4-9-22-11-15/h2-7,9,11,18,26H,8,10,12-13H2,1H3,(H,23,24)/t18-/m0/s1. The van der Waals surface area contributed by atoms with Crippen molar-refractivity contribution < 1.29 is 14.6 Å². The predicted molar refractivity (Wildman–Crippen MR) is 104 cm³/mol. The Bertz CT molecular complexity index is 971. The zero-order chi connectivity index (χ0) is 19.5. The third-order valence-electron chi connectivity index (χ3n) is 4.85. The summed E-state index contributed by atoms with van der Waals surface area (Å²) in [6.07, 6.45) is 2.90. The summed E-state index contributed by atoms with van der Waals surface area (Å²) < 4.78 is 5.62. The van der Waals surface area contributed by atoms with Crippen LogP contribution in [0.25, 0.3) is 11.4 Å². The van der Waals surface area contributed by atoms with Gasteiger partial charge in [-0.3, -0.25) is 9.78 Å². The van der Waals surface area contributed by atoms with E-state index >= 15 is 0 Å². The molecule has 0 bridgehead atoms. The number of carbonyl (C=O) groups excluding carboxylic acids is 1. The number of imidazole rings is 1. The second kappa shape index (κ2) is 7.82. The minimum absolute atomic E-state index is 0.0725. The largest absolute Gasteiger partial charge is 0.490 e. The maximum absolute atomic E-state index is 12.6. The van der Waals surface area contributed by atoms with Crippen molar-refractivity contribution in [2.24, 2.45) is 0 Å². The molecule has 0 radical (unpaired) electrons. The maximum Gasteiger partial charge on any atom is 0.255 e. The van der Waals surface area contributed by atoms with Gasteiger partial charge in [0.1, 0.15) is 18.2 Å². The van der Waals surface area contributed by atoms with Gasteiger partial charge in [0.05, 0.1) is 17.9 Å². The summed E-state index contributed by atoms with van der Waals surface area (Å²) in [6, 6.07) is 11.3. The summed E-state index contributed by atoms with van der Waals surface area (Å²) in [5.74, 6) is 1.08. The fourth-order valence-corrected chi connectivity index (χ4v) is 3.29. The smallest absolute Gasteiger partial charge is 0.255 e. The minimum atomic E-state index is -1.21. The van der Waals surface area contributed by atoms with Gasteiger partial charge in [-0.2, -0.15) is 0 Å². The number of hydrogen-bond acceptors (Lipinski definition) is 5. The van der Waals surface area contributed by atoms with Crippen LogP contribution in [-0.4, -0.2) is 50.1 Å². The molecule has 28 heavy (non-hydrogen) atoms. The van der Waals surface area contributed by atoms with Gasteiger partial charge in [0.2, 0.25) is 0 Å². The first kappa shape index (κ1) is 18.2. The highest BCUT2D eigenvalue weighted by molar-refractivity contribution is 5.81. The first-order chi connectivity index (χ1) is 13.6. The monoisotopic (exact) mass is 378 g/mol. The number of para-hydroxylation sites is 1. The van der Waals surface area contributed by atoms with Crippen molar-refractivity contribution in [3.8, 4) is 17.1 Å². The molecule has 7 heteroatoms. The van der Waals surface area contributed by atoms with E-state index in [2.05, 4.69) is 15.0 Å². The van der Waals surface area contributed by atoms with E-state index in [-0.39, 0.29) is 12.5 Å². The van der Waals surface area contributed by atoms with E-state index in [0.29, 0.717) is 25.3 Å². The highest BCUT2D eigenvalue weighted by atomic mass is 16.5. The number of aryl methyl sites for hydroxylation is 1. The molecule has 1 amide bonds. The van der Waals surface area contributed by atoms with E-state index in [1.165, 1.54) is 0 Å². The van der Waals surface area contributed by atoms with Crippen molar-refractivity contribution in [2.75, 3.05) is 13.2 Å². The van der Waals surface area contributed by atoms with Crippen molar-refractivity contribution in [3.63, 3.8) is 0 Å². The molecule has 1 aliphatic heterocycles. The van der Waals surface area contributed by atoms with Crippen LogP contribution in [0.2, 0.25) is 0 Å². The third-order valence-corrected chi connectivity index (χ3v) is 4.85. The van der Waals surface area contributed by atoms with Gasteiger partial charge in [-0.05, 0) is 30.7 Å². The van der Waals surface area contributed by atoms with E-state index in [9.17, 15) is 9.90 Å². The third kappa shape index (κ3) is 3.75. The average Bonchev–Trinajstić information content (AvgIpc) is 3.16. The lowest BCUT2D eigenvalue weighted by Gasteiger charge is -2.28. The summed E-state index contributed by atoms with van der Waals surface area (Å²) in [7, 11) is 0. The van der Waals surface area contributed by atoms with Crippen LogP contribution in [-0.2, 0) is 17.8 Å². The number of aromatic amines is 1. The molecule has 3 heterocycles. The molecule has 0 aliphatic carbocycles. The molecule has 1 aliphatic rings. The van der Waals surface area contributed by atoms with E-state index in [1.54, 1.807) is 17.3 Å². The summed E-state index contributed by atoms with van der Waals surface area (Å²) in [4.78, 5) is 26.3. The van der Waals surface area contributed by atoms with Gasteiger partial charge in [0.25, 0.3) is 5.91 Å². The molecule has 7 nitrogen and oxygen atoms in total. The van der Waals surface area contributed by atoms with Gasteiger partial charge in [-0.25, -0.2) is 4.98 Å². The Morgan fingerprint density at radius 2 is 2.18 bits per heavy atom. The minimum Gasteiger partial charge on any atom is -0.490 e. The number of aromatic nitrogens is 3. The first-order valence-corrected chi connectivity index (χ1v) is 9.25. The fourth-order valence-electron chi connectivity index (χ4n) is 3.29. The van der Waals surface area contributed by atoms with Gasteiger partial charge in [0.15, 0.2) is 6.10 Å². The Morgan fingerprint density at radius 3 is 2.96 bits per heavy atom. The lowest BCUT2D eigenvalue weighted by atomic mass is 10.1. The van der Waals surface area contributed by atoms with Crippen LogP contribution in [0, 0.1) is 6.92 Å². The number of amides is 1. The lowest BCUT2D eigenvalue weighted by Crippen LogP contribution is -2.44. The molecular formula is C21H22N4O3. The molecule has 3 aromatic rings. The summed E-state index contributed by atoms with van der Waals surface area (Å²) >= 11 is 0. The molecule has 144 valence electrons. The number of nitrogens with one attached hydrogen (secondary N) is 1. The van der Waals surface area contributed by atoms with Crippen molar-refractivity contribution in [2.45, 2.75) is 26.0 Å². The molecule has 2 aromatic heterocycles. The summed E-state index contributed by atoms with van der Waals surface area (Å²) in [6.45, 7) is 2.76. The number of hydrogen-bond donors (Lipinski definition) is 2. The number of nitrogens with zero attached hydrogens (tertiary/aromatic N) is 3. The first-order valence-electron chi connectivity index (χ1n) is 9.25. The van der Waals surface area contributed by atoms with Crippen LogP contribution in [0.3, 0.4) is 0 Å². The Labute approximate surface area is 163 Å². The SMILES string of the molecule is Cc1ccccc1OC[C@H](O)C(=O)N1CCc2nc(-c3cccnc3)[nH]c2C1. The van der Waals surface area contributed by atoms with Crippen LogP contribution in [0.1, 0.15) is 17.0 Å². The molecule has 0 spiro atoms. The van der Waals surface area contributed by atoms with Crippen molar-refractivity contribution in [1.82, 2.24) is 19.9 Å². The van der Waals surface area contributed by atoms with Gasteiger partial charge < -0.3 is 19.7 Å². The van der Waals surface area contributed by atoms with Gasteiger partial charge in [-0.15, -0.1) is 0 Å². The Balaban J connectivity index is 1.40. The fraction of sp³-hybridized carbons (Fsp3) is 0.286. The van der Waals surface area contributed by atoms with E-state index < -0.39 is 6.10 Å². The Kier molecular flexibility index (Phi) is 5.08. The highest BCUT2D eigenvalue weighted by Crippen LogP contribution is 2.23. The van der Waals surface area contributed by atoms with Crippen molar-refractivity contribution in [1.29, 1.82) is 0 Å². The Hall–Kier alpha value is -3.19. The summed E-state index contributed by atoms with van der Waals surface area (Å²) in [5.41, 5.74) is 3.71. The van der Waals surface area contributed by atoms with Crippen LogP contribution in [0.15, 0.2) is 48.8 Å². The van der Waals surface area contributed by atoms with E-state index in [1.807, 2.05) is 43.3 Å². The molecule has 4 rings (SSSR count). The van der Waals surface area contributed by atoms with Crippen LogP contribution >= 0.6 is 0 Å². The number of rotatable bonds is 5. The zero-order valence-electron chi connectivity index (χ0n) is 15.6. The van der Waals surface area contributed by atoms with Crippen LogP contribution in [0.4, 0.5) is 0 Å². The molecule has 0 fully saturated rings. The van der Waals surface area contributed by atoms with Gasteiger partial charge >= 0.3 is 0 Å². The number of pyridine rings is 1. The molecule has 2 N–H and O–H groups in total. The topological polar surface area (TPSA) is 91.3 Å². The highest BCUT2D eigenvalue weighted by Gasteiger charge is 2.28. The number of benzene rings is 1. The van der Waals surface area contributed by atoms with E-state index in [4.69, 9.17) is 4.74 Å². The number of fused-ring (bicyclic) bond motifs is 1. The number of ether oxygens (including phenoxy) is 1. The van der Waals surface area contributed by atoms with Crippen LogP contribution < -0.4 is 4.74 Å². The maximum atomic E-state index is 12.6. The van der Waals surface area contributed by atoms with Gasteiger partial charge in [0, 0.05) is 30.9 Å². The number of aliphatic hydroxyl groups is 1. The van der Waals surface area contributed by atoms with Gasteiger partial charge in [-0.1, -0.05) is 18.2 Å². The quantitative estimate of drug-likeness (QED) is 0.710. The molecule has 0 unspecified atom stereocenters. The molecule has 1 atom stereocenters. The Morgan fingerprint density at radius 1 is 1.32 bits per heavy atom. The van der Waals surface area contributed by atoms with E-state index in [0.717, 1.165) is 28.3 Å². The molecule has 0 saturated carbocycles. The van der Waals surface area contributed by atoms with Crippen molar-refractivity contribution >= 4 is 5.91 Å². The summed E-state index contributed by atoms with van der Waals surface area (Å²) in [5, 5.41) is 10.3. The molecule has 0 saturated heterocycles. The van der Waals surface area contributed by atoms with Crippen LogP contribution in [0.5, 0.6) is 5.75 Å². The number of aliphatic hydroxyl groups excluding tert-OH is 1.